The standard InChI is InChI=1S/C21H18BrN3OS/c1-24(12-15-7-9-17(22)10-8-15)13-18-11-20(26)25-19(14-27-21(25)23-18)16-5-3-2-4-6-16/h2-11,14H,12-13H2,1H3. The van der Waals surface area contributed by atoms with Gasteiger partial charge in [-0.2, -0.15) is 0 Å². The summed E-state index contributed by atoms with van der Waals surface area (Å²) < 4.78 is 2.76. The Morgan fingerprint density at radius 3 is 2.56 bits per heavy atom. The highest BCUT2D eigenvalue weighted by atomic mass is 79.9. The van der Waals surface area contributed by atoms with Crippen molar-refractivity contribution in [2.45, 2.75) is 13.1 Å². The van der Waals surface area contributed by atoms with E-state index in [1.54, 1.807) is 10.5 Å². The van der Waals surface area contributed by atoms with Gasteiger partial charge in [0.05, 0.1) is 11.4 Å². The number of benzene rings is 2. The van der Waals surface area contributed by atoms with E-state index in [2.05, 4.69) is 33.0 Å². The van der Waals surface area contributed by atoms with Crippen LogP contribution in [0.3, 0.4) is 0 Å². The van der Waals surface area contributed by atoms with Crippen molar-refractivity contribution in [2.24, 2.45) is 0 Å². The van der Waals surface area contributed by atoms with E-state index in [9.17, 15) is 4.79 Å². The van der Waals surface area contributed by atoms with Gasteiger partial charge in [-0.15, -0.1) is 11.3 Å². The first-order valence-corrected chi connectivity index (χ1v) is 10.3. The molecule has 2 heterocycles. The molecule has 4 nitrogen and oxygen atoms in total. The molecule has 4 rings (SSSR count). The average molecular weight is 440 g/mol. The predicted octanol–water partition coefficient (Wildman–Crippen LogP) is 4.82. The summed E-state index contributed by atoms with van der Waals surface area (Å²) in [6.07, 6.45) is 0. The first kappa shape index (κ1) is 18.1. The quantitative estimate of drug-likeness (QED) is 0.447. The Labute approximate surface area is 169 Å². The fourth-order valence-corrected chi connectivity index (χ4v) is 4.28. The van der Waals surface area contributed by atoms with Gasteiger partial charge in [0.15, 0.2) is 4.96 Å². The zero-order chi connectivity index (χ0) is 18.8. The molecule has 0 aliphatic carbocycles. The molecular formula is C21H18BrN3OS. The van der Waals surface area contributed by atoms with Gasteiger partial charge in [0, 0.05) is 29.0 Å². The van der Waals surface area contributed by atoms with Crippen molar-refractivity contribution in [2.75, 3.05) is 7.05 Å². The molecule has 0 spiro atoms. The zero-order valence-corrected chi connectivity index (χ0v) is 17.2. The molecule has 0 bridgehead atoms. The lowest BCUT2D eigenvalue weighted by atomic mass is 10.2. The summed E-state index contributed by atoms with van der Waals surface area (Å²) in [4.78, 5) is 20.3. The van der Waals surface area contributed by atoms with E-state index >= 15 is 0 Å². The van der Waals surface area contributed by atoms with E-state index in [1.165, 1.54) is 16.9 Å². The second-order valence-corrected chi connectivity index (χ2v) is 8.24. The molecule has 0 radical (unpaired) electrons. The first-order valence-electron chi connectivity index (χ1n) is 8.59. The molecule has 0 unspecified atom stereocenters. The Kier molecular flexibility index (Phi) is 5.20. The lowest BCUT2D eigenvalue weighted by Gasteiger charge is -2.16. The summed E-state index contributed by atoms with van der Waals surface area (Å²) in [5, 5.41) is 1.99. The summed E-state index contributed by atoms with van der Waals surface area (Å²) in [7, 11) is 2.04. The third-order valence-corrected chi connectivity index (χ3v) is 5.68. The van der Waals surface area contributed by atoms with E-state index < -0.39 is 0 Å². The van der Waals surface area contributed by atoms with Crippen LogP contribution < -0.4 is 5.56 Å². The van der Waals surface area contributed by atoms with Gasteiger partial charge in [0.2, 0.25) is 0 Å². The van der Waals surface area contributed by atoms with Crippen LogP contribution in [0, 0.1) is 0 Å². The fraction of sp³-hybridized carbons (Fsp3) is 0.143. The van der Waals surface area contributed by atoms with Gasteiger partial charge < -0.3 is 0 Å². The van der Waals surface area contributed by atoms with Crippen molar-refractivity contribution in [3.05, 3.63) is 92.1 Å². The SMILES string of the molecule is CN(Cc1ccc(Br)cc1)Cc1cc(=O)n2c(-c3ccccc3)csc2n1. The van der Waals surface area contributed by atoms with Crippen LogP contribution in [0.1, 0.15) is 11.3 Å². The van der Waals surface area contributed by atoms with Gasteiger partial charge >= 0.3 is 0 Å². The van der Waals surface area contributed by atoms with Crippen molar-refractivity contribution in [1.82, 2.24) is 14.3 Å². The van der Waals surface area contributed by atoms with Crippen LogP contribution in [0.4, 0.5) is 0 Å². The molecule has 27 heavy (non-hydrogen) atoms. The normalized spacial score (nSPS) is 11.4. The van der Waals surface area contributed by atoms with Crippen molar-refractivity contribution in [3.8, 4) is 11.3 Å². The van der Waals surface area contributed by atoms with Crippen molar-refractivity contribution in [3.63, 3.8) is 0 Å². The molecule has 0 aliphatic rings. The molecule has 0 saturated carbocycles. The van der Waals surface area contributed by atoms with Crippen LogP contribution in [0.5, 0.6) is 0 Å². The Balaban J connectivity index is 1.58. The molecule has 2 aromatic heterocycles. The van der Waals surface area contributed by atoms with Gasteiger partial charge in [-0.05, 0) is 30.3 Å². The summed E-state index contributed by atoms with van der Waals surface area (Å²) in [6.45, 7) is 1.43. The molecule has 0 N–H and O–H groups in total. The van der Waals surface area contributed by atoms with Crippen LogP contribution in [0.2, 0.25) is 0 Å². The second-order valence-electron chi connectivity index (χ2n) is 6.49. The zero-order valence-electron chi connectivity index (χ0n) is 14.8. The average Bonchev–Trinajstić information content (AvgIpc) is 3.09. The Morgan fingerprint density at radius 1 is 1.07 bits per heavy atom. The Morgan fingerprint density at radius 2 is 1.81 bits per heavy atom. The highest BCUT2D eigenvalue weighted by Crippen LogP contribution is 2.24. The third-order valence-electron chi connectivity index (χ3n) is 4.33. The number of hydrogen-bond acceptors (Lipinski definition) is 4. The van der Waals surface area contributed by atoms with E-state index in [0.29, 0.717) is 6.54 Å². The minimum absolute atomic E-state index is 0.0351. The molecular weight excluding hydrogens is 422 g/mol. The number of fused-ring (bicyclic) bond motifs is 1. The smallest absolute Gasteiger partial charge is 0.259 e. The molecule has 136 valence electrons. The van der Waals surface area contributed by atoms with E-state index in [-0.39, 0.29) is 5.56 Å². The first-order chi connectivity index (χ1) is 13.1. The summed E-state index contributed by atoms with van der Waals surface area (Å²) in [5.41, 5.74) is 3.89. The monoisotopic (exact) mass is 439 g/mol. The maximum absolute atomic E-state index is 12.7. The van der Waals surface area contributed by atoms with Crippen molar-refractivity contribution in [1.29, 1.82) is 0 Å². The Hall–Kier alpha value is -2.28. The minimum Gasteiger partial charge on any atom is -0.296 e. The van der Waals surface area contributed by atoms with Gasteiger partial charge in [-0.1, -0.05) is 58.4 Å². The molecule has 6 heteroatoms. The lowest BCUT2D eigenvalue weighted by molar-refractivity contribution is 0.315. The van der Waals surface area contributed by atoms with Gasteiger partial charge in [0.25, 0.3) is 5.56 Å². The van der Waals surface area contributed by atoms with E-state index in [4.69, 9.17) is 4.98 Å². The minimum atomic E-state index is -0.0351. The van der Waals surface area contributed by atoms with Crippen molar-refractivity contribution < 1.29 is 0 Å². The van der Waals surface area contributed by atoms with Crippen LogP contribution in [0.15, 0.2) is 75.3 Å². The van der Waals surface area contributed by atoms with E-state index in [1.807, 2.05) is 54.9 Å². The van der Waals surface area contributed by atoms with E-state index in [0.717, 1.165) is 32.9 Å². The fourth-order valence-electron chi connectivity index (χ4n) is 3.09. The highest BCUT2D eigenvalue weighted by molar-refractivity contribution is 9.10. The predicted molar refractivity (Wildman–Crippen MR) is 114 cm³/mol. The van der Waals surface area contributed by atoms with Crippen LogP contribution in [-0.4, -0.2) is 21.3 Å². The van der Waals surface area contributed by atoms with Crippen LogP contribution in [-0.2, 0) is 13.1 Å². The number of hydrogen-bond donors (Lipinski definition) is 0. The number of thiazole rings is 1. The van der Waals surface area contributed by atoms with Gasteiger partial charge in [-0.3, -0.25) is 14.1 Å². The third kappa shape index (κ3) is 4.03. The maximum Gasteiger partial charge on any atom is 0.259 e. The molecule has 0 saturated heterocycles. The van der Waals surface area contributed by atoms with Crippen LogP contribution in [0.25, 0.3) is 16.2 Å². The van der Waals surface area contributed by atoms with Gasteiger partial charge in [0.1, 0.15) is 0 Å². The number of halogens is 1. The number of nitrogens with zero attached hydrogens (tertiary/aromatic N) is 3. The molecule has 0 aliphatic heterocycles. The topological polar surface area (TPSA) is 37.6 Å². The van der Waals surface area contributed by atoms with Crippen molar-refractivity contribution >= 4 is 32.2 Å². The molecule has 0 amide bonds. The highest BCUT2D eigenvalue weighted by Gasteiger charge is 2.12. The number of aromatic nitrogens is 2. The molecule has 2 aromatic carbocycles. The largest absolute Gasteiger partial charge is 0.296 e. The van der Waals surface area contributed by atoms with Crippen LogP contribution >= 0.6 is 27.3 Å². The summed E-state index contributed by atoms with van der Waals surface area (Å²) in [5.74, 6) is 0. The molecule has 4 aromatic rings. The lowest BCUT2D eigenvalue weighted by Crippen LogP contribution is -2.21. The van der Waals surface area contributed by atoms with Gasteiger partial charge in [-0.25, -0.2) is 4.98 Å². The second kappa shape index (κ2) is 7.76. The summed E-state index contributed by atoms with van der Waals surface area (Å²) >= 11 is 4.95. The number of rotatable bonds is 5. The summed E-state index contributed by atoms with van der Waals surface area (Å²) in [6, 6.07) is 19.8. The maximum atomic E-state index is 12.7. The molecule has 0 atom stereocenters. The Bertz CT molecular complexity index is 1120. The molecule has 0 fully saturated rings.